The van der Waals surface area contributed by atoms with Crippen molar-refractivity contribution in [3.63, 3.8) is 0 Å². The molecule has 4 aromatic rings. The summed E-state index contributed by atoms with van der Waals surface area (Å²) in [7, 11) is 1.62. The Morgan fingerprint density at radius 1 is 1.00 bits per heavy atom. The number of methoxy groups -OCH3 is 1. The van der Waals surface area contributed by atoms with Crippen molar-refractivity contribution in [2.75, 3.05) is 7.11 Å². The number of cyclic esters (lactones) is 1. The fourth-order valence-corrected chi connectivity index (χ4v) is 4.34. The van der Waals surface area contributed by atoms with Crippen LogP contribution in [0, 0.1) is 0 Å². The van der Waals surface area contributed by atoms with Gasteiger partial charge in [-0.3, -0.25) is 0 Å². The topological polar surface area (TPSA) is 60.8 Å². The number of carbonyl (C=O) groups is 1. The van der Waals surface area contributed by atoms with Gasteiger partial charge in [-0.25, -0.2) is 14.8 Å². The summed E-state index contributed by atoms with van der Waals surface area (Å²) in [4.78, 5) is 22.8. The number of pyridine rings is 1. The molecule has 162 valence electrons. The predicted molar refractivity (Wildman–Crippen MR) is 131 cm³/mol. The van der Waals surface area contributed by atoms with Crippen molar-refractivity contribution >= 4 is 52.2 Å². The number of nitrogens with zero attached hydrogens (tertiary/aromatic N) is 2. The van der Waals surface area contributed by atoms with Crippen molar-refractivity contribution in [1.82, 2.24) is 4.98 Å². The average molecular weight is 473 g/mol. The number of fused-ring (bicyclic) bond motifs is 1. The van der Waals surface area contributed by atoms with Crippen LogP contribution < -0.4 is 4.74 Å². The maximum absolute atomic E-state index is 12.6. The second-order valence-electron chi connectivity index (χ2n) is 7.20. The van der Waals surface area contributed by atoms with E-state index >= 15 is 0 Å². The number of ether oxygens (including phenoxy) is 2. The summed E-state index contributed by atoms with van der Waals surface area (Å²) in [5.41, 5.74) is 2.53. The van der Waals surface area contributed by atoms with Crippen molar-refractivity contribution in [2.45, 2.75) is 9.92 Å². The monoisotopic (exact) mass is 472 g/mol. The first-order valence-corrected chi connectivity index (χ1v) is 11.3. The zero-order valence-electron chi connectivity index (χ0n) is 17.5. The van der Waals surface area contributed by atoms with Crippen LogP contribution in [0.5, 0.6) is 5.75 Å². The highest BCUT2D eigenvalue weighted by atomic mass is 35.5. The lowest BCUT2D eigenvalue weighted by molar-refractivity contribution is -0.129. The van der Waals surface area contributed by atoms with E-state index < -0.39 is 5.97 Å². The van der Waals surface area contributed by atoms with E-state index in [4.69, 9.17) is 26.1 Å². The molecular formula is C26H17ClN2O3S. The summed E-state index contributed by atoms with van der Waals surface area (Å²) in [5, 5.41) is 2.29. The van der Waals surface area contributed by atoms with Gasteiger partial charge in [-0.05, 0) is 66.7 Å². The smallest absolute Gasteiger partial charge is 0.363 e. The van der Waals surface area contributed by atoms with Crippen LogP contribution in [0.1, 0.15) is 11.1 Å². The third-order valence-corrected chi connectivity index (χ3v) is 6.26. The number of halogens is 1. The van der Waals surface area contributed by atoms with E-state index in [1.54, 1.807) is 13.2 Å². The lowest BCUT2D eigenvalue weighted by atomic mass is 10.1. The molecule has 0 aliphatic carbocycles. The molecule has 0 amide bonds. The number of carbonyl (C=O) groups excluding carboxylic acids is 1. The van der Waals surface area contributed by atoms with Gasteiger partial charge in [0.2, 0.25) is 5.90 Å². The van der Waals surface area contributed by atoms with Crippen molar-refractivity contribution in [1.29, 1.82) is 0 Å². The van der Waals surface area contributed by atoms with Gasteiger partial charge in [0.1, 0.15) is 10.8 Å². The van der Waals surface area contributed by atoms with Gasteiger partial charge in [-0.2, -0.15) is 0 Å². The number of esters is 1. The van der Waals surface area contributed by atoms with Crippen LogP contribution in [0.15, 0.2) is 99.5 Å². The Kier molecular flexibility index (Phi) is 5.86. The Morgan fingerprint density at radius 2 is 1.79 bits per heavy atom. The molecule has 0 saturated heterocycles. The quantitative estimate of drug-likeness (QED) is 0.248. The zero-order valence-corrected chi connectivity index (χ0v) is 19.1. The standard InChI is InChI=1S/C26H17ClN2O3S/c1-31-20-9-12-22-17(14-20)13-18(25(29-22)33-21-10-7-19(27)8-11-21)15-23-26(30)32-24(28-23)16-5-3-2-4-6-16/h2-15H,1H3/b23-15-. The molecular weight excluding hydrogens is 456 g/mol. The predicted octanol–water partition coefficient (Wildman–Crippen LogP) is 6.39. The summed E-state index contributed by atoms with van der Waals surface area (Å²) in [5.74, 6) is 0.516. The summed E-state index contributed by atoms with van der Waals surface area (Å²) in [6.45, 7) is 0. The van der Waals surface area contributed by atoms with E-state index in [0.29, 0.717) is 5.02 Å². The molecule has 0 atom stereocenters. The fraction of sp³-hybridized carbons (Fsp3) is 0.0385. The summed E-state index contributed by atoms with van der Waals surface area (Å²) < 4.78 is 10.8. The highest BCUT2D eigenvalue weighted by Gasteiger charge is 2.24. The Labute approximate surface area is 199 Å². The molecule has 0 unspecified atom stereocenters. The summed E-state index contributed by atoms with van der Waals surface area (Å²) >= 11 is 7.52. The molecule has 0 fully saturated rings. The highest BCUT2D eigenvalue weighted by Crippen LogP contribution is 2.34. The number of hydrogen-bond acceptors (Lipinski definition) is 6. The SMILES string of the molecule is COc1ccc2nc(Sc3ccc(Cl)cc3)c(/C=C3\N=C(c4ccccc4)OC3=O)cc2c1. The number of aliphatic imine (C=N–C) groups is 1. The third kappa shape index (κ3) is 4.62. The molecule has 0 spiro atoms. The van der Waals surface area contributed by atoms with E-state index in [-0.39, 0.29) is 11.6 Å². The number of aromatic nitrogens is 1. The zero-order chi connectivity index (χ0) is 22.8. The lowest BCUT2D eigenvalue weighted by Crippen LogP contribution is -2.05. The maximum Gasteiger partial charge on any atom is 0.363 e. The van der Waals surface area contributed by atoms with E-state index in [1.807, 2.05) is 78.9 Å². The van der Waals surface area contributed by atoms with Gasteiger partial charge in [0.15, 0.2) is 5.70 Å². The molecule has 0 N–H and O–H groups in total. The molecule has 5 nitrogen and oxygen atoms in total. The minimum Gasteiger partial charge on any atom is -0.497 e. The first kappa shape index (κ1) is 21.2. The Morgan fingerprint density at radius 3 is 2.55 bits per heavy atom. The van der Waals surface area contributed by atoms with Gasteiger partial charge in [-0.15, -0.1) is 0 Å². The second kappa shape index (κ2) is 9.10. The van der Waals surface area contributed by atoms with Crippen LogP contribution in [-0.2, 0) is 9.53 Å². The maximum atomic E-state index is 12.6. The summed E-state index contributed by atoms with van der Waals surface area (Å²) in [6.07, 6.45) is 1.71. The Balaban J connectivity index is 1.60. The number of hydrogen-bond donors (Lipinski definition) is 0. The van der Waals surface area contributed by atoms with E-state index in [1.165, 1.54) is 11.8 Å². The minimum atomic E-state index is -0.498. The van der Waals surface area contributed by atoms with Crippen LogP contribution in [0.4, 0.5) is 0 Å². The van der Waals surface area contributed by atoms with Crippen molar-refractivity contribution < 1.29 is 14.3 Å². The largest absolute Gasteiger partial charge is 0.497 e. The van der Waals surface area contributed by atoms with Gasteiger partial charge < -0.3 is 9.47 Å². The molecule has 1 aromatic heterocycles. The highest BCUT2D eigenvalue weighted by molar-refractivity contribution is 7.99. The number of benzene rings is 3. The molecule has 5 rings (SSSR count). The van der Waals surface area contributed by atoms with Gasteiger partial charge in [0.25, 0.3) is 0 Å². The van der Waals surface area contributed by atoms with Gasteiger partial charge >= 0.3 is 5.97 Å². The molecule has 3 aromatic carbocycles. The molecule has 7 heteroatoms. The summed E-state index contributed by atoms with van der Waals surface area (Å²) in [6, 6.07) is 24.5. The van der Waals surface area contributed by atoms with Gasteiger partial charge in [0, 0.05) is 26.4 Å². The molecule has 0 radical (unpaired) electrons. The molecule has 0 saturated carbocycles. The van der Waals surface area contributed by atoms with E-state index in [2.05, 4.69) is 4.99 Å². The van der Waals surface area contributed by atoms with Crippen LogP contribution in [0.25, 0.3) is 17.0 Å². The van der Waals surface area contributed by atoms with E-state index in [0.717, 1.165) is 37.7 Å². The Hall–Kier alpha value is -3.61. The van der Waals surface area contributed by atoms with Crippen molar-refractivity contribution in [3.8, 4) is 5.75 Å². The van der Waals surface area contributed by atoms with Gasteiger partial charge in [-0.1, -0.05) is 41.6 Å². The van der Waals surface area contributed by atoms with Crippen molar-refractivity contribution in [3.05, 3.63) is 101 Å². The second-order valence-corrected chi connectivity index (χ2v) is 8.70. The first-order chi connectivity index (χ1) is 16.1. The number of rotatable bonds is 5. The Bertz CT molecular complexity index is 1420. The van der Waals surface area contributed by atoms with Crippen LogP contribution in [0.3, 0.4) is 0 Å². The van der Waals surface area contributed by atoms with Crippen LogP contribution in [0.2, 0.25) is 5.02 Å². The minimum absolute atomic E-state index is 0.218. The fourth-order valence-electron chi connectivity index (χ4n) is 3.34. The molecule has 1 aliphatic rings. The third-order valence-electron chi connectivity index (χ3n) is 4.98. The van der Waals surface area contributed by atoms with Gasteiger partial charge in [0.05, 0.1) is 12.6 Å². The van der Waals surface area contributed by atoms with Crippen LogP contribution in [-0.4, -0.2) is 24.0 Å². The van der Waals surface area contributed by atoms with Crippen molar-refractivity contribution in [2.24, 2.45) is 4.99 Å². The van der Waals surface area contributed by atoms with Crippen LogP contribution >= 0.6 is 23.4 Å². The molecule has 33 heavy (non-hydrogen) atoms. The molecule has 0 bridgehead atoms. The van der Waals surface area contributed by atoms with E-state index in [9.17, 15) is 4.79 Å². The average Bonchev–Trinajstić information content (AvgIpc) is 3.21. The molecule has 1 aliphatic heterocycles. The lowest BCUT2D eigenvalue weighted by Gasteiger charge is -2.09. The first-order valence-electron chi connectivity index (χ1n) is 10.1. The normalized spacial score (nSPS) is 14.4. The molecule has 2 heterocycles.